The van der Waals surface area contributed by atoms with Gasteiger partial charge in [-0.2, -0.15) is 12.7 Å². The van der Waals surface area contributed by atoms with Crippen molar-refractivity contribution in [3.05, 3.63) is 0 Å². The van der Waals surface area contributed by atoms with Gasteiger partial charge in [-0.05, 0) is 38.3 Å². The summed E-state index contributed by atoms with van der Waals surface area (Å²) in [5.41, 5.74) is 0. The van der Waals surface area contributed by atoms with E-state index in [0.717, 1.165) is 32.4 Å². The van der Waals surface area contributed by atoms with Crippen LogP contribution in [0.2, 0.25) is 0 Å². The minimum atomic E-state index is -3.23. The number of hydrogen-bond acceptors (Lipinski definition) is 3. The van der Waals surface area contributed by atoms with Crippen LogP contribution in [0, 0.1) is 5.92 Å². The van der Waals surface area contributed by atoms with E-state index in [2.05, 4.69) is 10.0 Å². The molecular weight excluding hydrogens is 214 g/mol. The molecule has 1 rings (SSSR count). The van der Waals surface area contributed by atoms with E-state index in [1.807, 2.05) is 0 Å². The third-order valence-corrected chi connectivity index (χ3v) is 4.31. The first-order valence-electron chi connectivity index (χ1n) is 5.40. The van der Waals surface area contributed by atoms with Crippen molar-refractivity contribution < 1.29 is 8.42 Å². The van der Waals surface area contributed by atoms with Gasteiger partial charge in [-0.15, -0.1) is 0 Å². The van der Waals surface area contributed by atoms with Crippen molar-refractivity contribution >= 4 is 10.2 Å². The largest absolute Gasteiger partial charge is 0.317 e. The molecule has 0 amide bonds. The summed E-state index contributed by atoms with van der Waals surface area (Å²) in [4.78, 5) is 0. The zero-order chi connectivity index (χ0) is 11.3. The Hall–Kier alpha value is -0.170. The smallest absolute Gasteiger partial charge is 0.278 e. The first-order valence-corrected chi connectivity index (χ1v) is 6.84. The number of nitrogens with one attached hydrogen (secondary N) is 2. The average Bonchev–Trinajstić information content (AvgIpc) is 2.19. The van der Waals surface area contributed by atoms with Gasteiger partial charge in [0.15, 0.2) is 0 Å². The lowest BCUT2D eigenvalue weighted by Crippen LogP contribution is -2.37. The molecule has 90 valence electrons. The van der Waals surface area contributed by atoms with Crippen molar-refractivity contribution in [1.82, 2.24) is 14.3 Å². The molecular formula is C9H21N3O2S. The summed E-state index contributed by atoms with van der Waals surface area (Å²) in [5, 5.41) is 3.29. The monoisotopic (exact) mass is 235 g/mol. The Bertz CT molecular complexity index is 271. The Kier molecular flexibility index (Phi) is 4.98. The molecule has 1 saturated heterocycles. The van der Waals surface area contributed by atoms with Crippen LogP contribution in [0.4, 0.5) is 0 Å². The van der Waals surface area contributed by atoms with E-state index >= 15 is 0 Å². The summed E-state index contributed by atoms with van der Waals surface area (Å²) in [6.45, 7) is 2.67. The van der Waals surface area contributed by atoms with Gasteiger partial charge in [0.25, 0.3) is 10.2 Å². The maximum Gasteiger partial charge on any atom is 0.278 e. The Labute approximate surface area is 92.4 Å². The average molecular weight is 235 g/mol. The maximum atomic E-state index is 11.4. The van der Waals surface area contributed by atoms with Gasteiger partial charge in [-0.3, -0.25) is 0 Å². The SMILES string of the molecule is CN(C)S(=O)(=O)NCCC1CCNCC1. The molecule has 1 aliphatic heterocycles. The number of nitrogens with zero attached hydrogens (tertiary/aromatic N) is 1. The molecule has 0 aromatic heterocycles. The van der Waals surface area contributed by atoms with Crippen LogP contribution in [0.15, 0.2) is 0 Å². The van der Waals surface area contributed by atoms with Crippen molar-refractivity contribution in [3.63, 3.8) is 0 Å². The third-order valence-electron chi connectivity index (χ3n) is 2.78. The molecule has 0 atom stereocenters. The Morgan fingerprint density at radius 3 is 2.47 bits per heavy atom. The summed E-state index contributed by atoms with van der Waals surface area (Å²) in [7, 11) is -0.162. The summed E-state index contributed by atoms with van der Waals surface area (Å²) in [6.07, 6.45) is 3.25. The van der Waals surface area contributed by atoms with Crippen molar-refractivity contribution in [1.29, 1.82) is 0 Å². The molecule has 2 N–H and O–H groups in total. The Balaban J connectivity index is 2.20. The van der Waals surface area contributed by atoms with Gasteiger partial charge in [0.05, 0.1) is 0 Å². The molecule has 0 spiro atoms. The van der Waals surface area contributed by atoms with Crippen LogP contribution in [0.1, 0.15) is 19.3 Å². The van der Waals surface area contributed by atoms with Crippen LogP contribution >= 0.6 is 0 Å². The standard InChI is InChI=1S/C9H21N3O2S/c1-12(2)15(13,14)11-8-5-9-3-6-10-7-4-9/h9-11H,3-8H2,1-2H3. The van der Waals surface area contributed by atoms with Crippen LogP contribution in [-0.2, 0) is 10.2 Å². The molecule has 1 heterocycles. The van der Waals surface area contributed by atoms with E-state index < -0.39 is 10.2 Å². The van der Waals surface area contributed by atoms with Gasteiger partial charge in [-0.1, -0.05) is 0 Å². The lowest BCUT2D eigenvalue weighted by molar-refractivity contribution is 0.353. The highest BCUT2D eigenvalue weighted by molar-refractivity contribution is 7.87. The summed E-state index contributed by atoms with van der Waals surface area (Å²) < 4.78 is 26.5. The molecule has 1 aliphatic rings. The zero-order valence-electron chi connectivity index (χ0n) is 9.49. The fourth-order valence-corrected chi connectivity index (χ4v) is 2.33. The molecule has 0 aliphatic carbocycles. The molecule has 5 nitrogen and oxygen atoms in total. The third kappa shape index (κ3) is 4.46. The lowest BCUT2D eigenvalue weighted by atomic mass is 9.95. The van der Waals surface area contributed by atoms with Crippen molar-refractivity contribution in [3.8, 4) is 0 Å². The highest BCUT2D eigenvalue weighted by atomic mass is 32.2. The van der Waals surface area contributed by atoms with Gasteiger partial charge >= 0.3 is 0 Å². The highest BCUT2D eigenvalue weighted by Crippen LogP contribution is 2.14. The van der Waals surface area contributed by atoms with Crippen molar-refractivity contribution in [2.24, 2.45) is 5.92 Å². The van der Waals surface area contributed by atoms with Gasteiger partial charge < -0.3 is 5.32 Å². The predicted molar refractivity (Wildman–Crippen MR) is 60.8 cm³/mol. The van der Waals surface area contributed by atoms with Crippen LogP contribution in [-0.4, -0.2) is 46.5 Å². The molecule has 0 aromatic rings. The van der Waals surface area contributed by atoms with Gasteiger partial charge in [-0.25, -0.2) is 4.72 Å². The highest BCUT2D eigenvalue weighted by Gasteiger charge is 2.15. The van der Waals surface area contributed by atoms with Crippen LogP contribution in [0.5, 0.6) is 0 Å². The maximum absolute atomic E-state index is 11.4. The topological polar surface area (TPSA) is 61.4 Å². The quantitative estimate of drug-likeness (QED) is 0.692. The van der Waals surface area contributed by atoms with Gasteiger partial charge in [0.1, 0.15) is 0 Å². The minimum absolute atomic E-state index is 0.547. The fraction of sp³-hybridized carbons (Fsp3) is 1.00. The van der Waals surface area contributed by atoms with E-state index in [1.54, 1.807) is 0 Å². The fourth-order valence-electron chi connectivity index (χ4n) is 1.69. The molecule has 0 saturated carbocycles. The predicted octanol–water partition coefficient (Wildman–Crippen LogP) is -0.228. The second-order valence-electron chi connectivity index (χ2n) is 4.16. The normalized spacial score (nSPS) is 19.7. The molecule has 0 radical (unpaired) electrons. The summed E-state index contributed by atoms with van der Waals surface area (Å²) in [5.74, 6) is 0.663. The first kappa shape index (κ1) is 12.9. The molecule has 0 aromatic carbocycles. The van der Waals surface area contributed by atoms with Gasteiger partial charge in [0.2, 0.25) is 0 Å². The van der Waals surface area contributed by atoms with E-state index in [1.165, 1.54) is 18.4 Å². The molecule has 6 heteroatoms. The van der Waals surface area contributed by atoms with E-state index in [4.69, 9.17) is 0 Å². The zero-order valence-corrected chi connectivity index (χ0v) is 10.3. The van der Waals surface area contributed by atoms with E-state index in [-0.39, 0.29) is 0 Å². The Morgan fingerprint density at radius 1 is 1.33 bits per heavy atom. The van der Waals surface area contributed by atoms with E-state index in [9.17, 15) is 8.42 Å². The molecule has 1 fully saturated rings. The van der Waals surface area contributed by atoms with Crippen LogP contribution in [0.3, 0.4) is 0 Å². The Morgan fingerprint density at radius 2 is 1.93 bits per heavy atom. The van der Waals surface area contributed by atoms with Crippen molar-refractivity contribution in [2.75, 3.05) is 33.7 Å². The van der Waals surface area contributed by atoms with Gasteiger partial charge in [0, 0.05) is 20.6 Å². The summed E-state index contributed by atoms with van der Waals surface area (Å²) >= 11 is 0. The second-order valence-corrected chi connectivity index (χ2v) is 6.13. The lowest BCUT2D eigenvalue weighted by Gasteiger charge is -2.22. The first-order chi connectivity index (χ1) is 7.02. The van der Waals surface area contributed by atoms with Crippen molar-refractivity contribution in [2.45, 2.75) is 19.3 Å². The number of hydrogen-bond donors (Lipinski definition) is 2. The molecule has 0 unspecified atom stereocenters. The minimum Gasteiger partial charge on any atom is -0.317 e. The van der Waals surface area contributed by atoms with E-state index in [0.29, 0.717) is 12.5 Å². The second kappa shape index (κ2) is 5.79. The number of piperidine rings is 1. The molecule has 15 heavy (non-hydrogen) atoms. The van der Waals surface area contributed by atoms with Crippen LogP contribution in [0.25, 0.3) is 0 Å². The van der Waals surface area contributed by atoms with Crippen LogP contribution < -0.4 is 10.0 Å². The number of rotatable bonds is 5. The molecule has 0 bridgehead atoms. The summed E-state index contributed by atoms with van der Waals surface area (Å²) in [6, 6.07) is 0.